The van der Waals surface area contributed by atoms with E-state index in [4.69, 9.17) is 14.0 Å². The van der Waals surface area contributed by atoms with Gasteiger partial charge in [-0.2, -0.15) is 10.2 Å². The highest BCUT2D eigenvalue weighted by Crippen LogP contribution is 2.31. The Bertz CT molecular complexity index is 1400. The number of rotatable bonds is 7. The number of H-pyrrole nitrogens is 1. The molecule has 0 bridgehead atoms. The minimum Gasteiger partial charge on any atom is -0.490 e. The molecule has 8 nitrogen and oxygen atoms in total. The van der Waals surface area contributed by atoms with Crippen LogP contribution >= 0.6 is 0 Å². The molecule has 0 atom stereocenters. The molecule has 2 aromatic carbocycles. The first-order valence-electron chi connectivity index (χ1n) is 11.5. The number of carbonyl (C=O) groups is 1. The van der Waals surface area contributed by atoms with Gasteiger partial charge in [-0.3, -0.25) is 4.79 Å². The maximum atomic E-state index is 12.1. The monoisotopic (exact) mass is 472 g/mol. The van der Waals surface area contributed by atoms with E-state index in [0.717, 1.165) is 22.0 Å². The summed E-state index contributed by atoms with van der Waals surface area (Å²) in [6.45, 7) is 9.39. The Kier molecular flexibility index (Phi) is 6.61. The van der Waals surface area contributed by atoms with Gasteiger partial charge in [0.25, 0.3) is 5.89 Å². The van der Waals surface area contributed by atoms with E-state index in [1.54, 1.807) is 18.2 Å². The van der Waals surface area contributed by atoms with E-state index in [1.807, 2.05) is 59.0 Å². The number of aromatic amines is 1. The van der Waals surface area contributed by atoms with E-state index in [1.165, 1.54) is 0 Å². The molecule has 0 aliphatic carbocycles. The van der Waals surface area contributed by atoms with Crippen LogP contribution in [0.2, 0.25) is 0 Å². The molecule has 0 spiro atoms. The van der Waals surface area contributed by atoms with Crippen molar-refractivity contribution in [3.63, 3.8) is 0 Å². The third-order valence-electron chi connectivity index (χ3n) is 5.20. The number of carbonyl (C=O) groups excluding carboxylic acids is 1. The molecule has 0 aliphatic rings. The number of benzene rings is 2. The molecule has 8 heteroatoms. The topological polar surface area (TPSA) is 114 Å². The second kappa shape index (κ2) is 9.63. The van der Waals surface area contributed by atoms with Gasteiger partial charge in [0.15, 0.2) is 0 Å². The summed E-state index contributed by atoms with van der Waals surface area (Å²) in [5.74, 6) is 1.02. The van der Waals surface area contributed by atoms with E-state index in [9.17, 15) is 10.1 Å². The van der Waals surface area contributed by atoms with Crippen LogP contribution < -0.4 is 4.74 Å². The third kappa shape index (κ3) is 5.52. The number of nitrogens with zero attached hydrogens (tertiary/aromatic N) is 3. The molecule has 0 unspecified atom stereocenters. The minimum absolute atomic E-state index is 0.0433. The predicted octanol–water partition coefficient (Wildman–Crippen LogP) is 5.82. The average Bonchev–Trinajstić information content (AvgIpc) is 3.44. The van der Waals surface area contributed by atoms with Crippen molar-refractivity contribution in [3.05, 3.63) is 53.7 Å². The van der Waals surface area contributed by atoms with Crippen molar-refractivity contribution < 1.29 is 18.8 Å². The number of fused-ring (bicyclic) bond motifs is 1. The second-order valence-electron chi connectivity index (χ2n) is 9.54. The number of esters is 1. The quantitative estimate of drug-likeness (QED) is 0.337. The first-order chi connectivity index (χ1) is 16.6. The lowest BCUT2D eigenvalue weighted by Gasteiger charge is -2.19. The van der Waals surface area contributed by atoms with Gasteiger partial charge in [-0.25, -0.2) is 0 Å². The summed E-state index contributed by atoms with van der Waals surface area (Å²) in [6.07, 6.45) is 2.70. The number of para-hydroxylation sites is 1. The summed E-state index contributed by atoms with van der Waals surface area (Å²) < 4.78 is 16.6. The van der Waals surface area contributed by atoms with Crippen LogP contribution in [0.25, 0.3) is 33.7 Å². The zero-order valence-corrected chi connectivity index (χ0v) is 20.5. The maximum Gasteiger partial charge on any atom is 0.306 e. The van der Waals surface area contributed by atoms with Crippen LogP contribution in [0.15, 0.2) is 47.1 Å². The smallest absolute Gasteiger partial charge is 0.306 e. The van der Waals surface area contributed by atoms with Gasteiger partial charge in [0.05, 0.1) is 17.2 Å². The second-order valence-corrected chi connectivity index (χ2v) is 9.54. The van der Waals surface area contributed by atoms with Crippen molar-refractivity contribution in [2.75, 3.05) is 0 Å². The van der Waals surface area contributed by atoms with E-state index in [2.05, 4.69) is 21.2 Å². The van der Waals surface area contributed by atoms with Crippen molar-refractivity contribution in [2.45, 2.75) is 59.2 Å². The number of hydrogen-bond acceptors (Lipinski definition) is 7. The fourth-order valence-electron chi connectivity index (χ4n) is 3.79. The number of aromatic nitrogens is 3. The average molecular weight is 473 g/mol. The van der Waals surface area contributed by atoms with Crippen LogP contribution in [-0.4, -0.2) is 32.8 Å². The van der Waals surface area contributed by atoms with Gasteiger partial charge in [-0.1, -0.05) is 17.3 Å². The molecule has 0 saturated heterocycles. The van der Waals surface area contributed by atoms with Crippen LogP contribution in [0.1, 0.15) is 52.2 Å². The molecule has 4 aromatic rings. The highest BCUT2D eigenvalue weighted by Gasteiger charge is 2.19. The number of aryl methyl sites for hydroxylation is 1. The Morgan fingerprint density at radius 2 is 2.03 bits per heavy atom. The van der Waals surface area contributed by atoms with Gasteiger partial charge in [-0.05, 0) is 70.9 Å². The van der Waals surface area contributed by atoms with Gasteiger partial charge in [0.2, 0.25) is 5.82 Å². The highest BCUT2D eigenvalue weighted by atomic mass is 16.6. The number of hydrogen-bond donors (Lipinski definition) is 1. The van der Waals surface area contributed by atoms with E-state index in [0.29, 0.717) is 41.4 Å². The summed E-state index contributed by atoms with van der Waals surface area (Å²) in [4.78, 5) is 20.0. The number of nitrogens with one attached hydrogen (secondary N) is 1. The molecule has 35 heavy (non-hydrogen) atoms. The fourth-order valence-corrected chi connectivity index (χ4v) is 3.79. The van der Waals surface area contributed by atoms with Crippen molar-refractivity contribution in [3.8, 4) is 34.7 Å². The van der Waals surface area contributed by atoms with Gasteiger partial charge in [0.1, 0.15) is 17.4 Å². The van der Waals surface area contributed by atoms with Gasteiger partial charge in [0, 0.05) is 29.1 Å². The molecular formula is C27H28N4O4. The van der Waals surface area contributed by atoms with Crippen molar-refractivity contribution in [1.29, 1.82) is 5.26 Å². The molecule has 180 valence electrons. The normalized spacial score (nSPS) is 11.6. The lowest BCUT2D eigenvalue weighted by molar-refractivity contribution is -0.154. The summed E-state index contributed by atoms with van der Waals surface area (Å²) in [7, 11) is 0. The molecule has 2 heterocycles. The minimum atomic E-state index is -0.503. The van der Waals surface area contributed by atoms with Crippen molar-refractivity contribution >= 4 is 16.9 Å². The summed E-state index contributed by atoms with van der Waals surface area (Å²) in [5.41, 5.74) is 3.18. The van der Waals surface area contributed by atoms with Crippen LogP contribution in [0.3, 0.4) is 0 Å². The molecule has 0 fully saturated rings. The molecule has 4 rings (SSSR count). The predicted molar refractivity (Wildman–Crippen MR) is 132 cm³/mol. The highest BCUT2D eigenvalue weighted by molar-refractivity contribution is 5.95. The van der Waals surface area contributed by atoms with Gasteiger partial charge in [-0.15, -0.1) is 0 Å². The summed E-state index contributed by atoms with van der Waals surface area (Å²) >= 11 is 0. The zero-order chi connectivity index (χ0) is 25.2. The van der Waals surface area contributed by atoms with Crippen LogP contribution in [0, 0.1) is 11.3 Å². The Hall–Kier alpha value is -4.12. The van der Waals surface area contributed by atoms with E-state index >= 15 is 0 Å². The van der Waals surface area contributed by atoms with Crippen LogP contribution in [0.4, 0.5) is 0 Å². The molecule has 0 aliphatic heterocycles. The Labute approximate surface area is 203 Å². The SMILES string of the molecule is CC(C)Oc1ccc(-c2nc(-c3cccc4c(CCC(=O)OC(C)(C)C)c[nH]c34)no2)cc1C#N. The summed E-state index contributed by atoms with van der Waals surface area (Å²) in [5, 5.41) is 14.7. The lowest BCUT2D eigenvalue weighted by atomic mass is 10.1. The summed E-state index contributed by atoms with van der Waals surface area (Å²) in [6, 6.07) is 13.2. The number of ether oxygens (including phenoxy) is 2. The molecule has 0 saturated carbocycles. The van der Waals surface area contributed by atoms with Crippen LogP contribution in [0.5, 0.6) is 5.75 Å². The standard InChI is InChI=1S/C27H28N4O4/c1-16(2)33-22-11-9-17(13-19(22)14-28)26-30-25(31-35-26)21-8-6-7-20-18(15-29-24(20)21)10-12-23(32)34-27(3,4)5/h6-9,11,13,15-16,29H,10,12H2,1-5H3. The largest absolute Gasteiger partial charge is 0.490 e. The maximum absolute atomic E-state index is 12.1. The van der Waals surface area contributed by atoms with Crippen molar-refractivity contribution in [1.82, 2.24) is 15.1 Å². The molecule has 0 amide bonds. The number of nitriles is 1. The first-order valence-corrected chi connectivity index (χ1v) is 11.5. The Morgan fingerprint density at radius 3 is 2.74 bits per heavy atom. The van der Waals surface area contributed by atoms with E-state index in [-0.39, 0.29) is 12.1 Å². The van der Waals surface area contributed by atoms with E-state index < -0.39 is 5.60 Å². The van der Waals surface area contributed by atoms with Gasteiger partial charge >= 0.3 is 5.97 Å². The Balaban J connectivity index is 1.58. The lowest BCUT2D eigenvalue weighted by Crippen LogP contribution is -2.23. The molecule has 1 N–H and O–H groups in total. The zero-order valence-electron chi connectivity index (χ0n) is 20.5. The van der Waals surface area contributed by atoms with Crippen molar-refractivity contribution in [2.24, 2.45) is 0 Å². The molecular weight excluding hydrogens is 444 g/mol. The van der Waals surface area contributed by atoms with Crippen LogP contribution in [-0.2, 0) is 16.0 Å². The molecule has 0 radical (unpaired) electrons. The molecule has 2 aromatic heterocycles. The Morgan fingerprint density at radius 1 is 1.23 bits per heavy atom. The third-order valence-corrected chi connectivity index (χ3v) is 5.20. The fraction of sp³-hybridized carbons (Fsp3) is 0.333. The van der Waals surface area contributed by atoms with Gasteiger partial charge < -0.3 is 19.0 Å². The first kappa shape index (κ1) is 24.0.